The molecule has 48 heavy (non-hydrogen) atoms. The van der Waals surface area contributed by atoms with Gasteiger partial charge >= 0.3 is 12.1 Å². The molecule has 1 heterocycles. The molecule has 0 saturated carbocycles. The molecule has 3 unspecified atom stereocenters. The summed E-state index contributed by atoms with van der Waals surface area (Å²) in [6.45, 7) is 11.2. The lowest BCUT2D eigenvalue weighted by Crippen LogP contribution is -2.46. The van der Waals surface area contributed by atoms with Crippen molar-refractivity contribution in [3.8, 4) is 11.8 Å². The second kappa shape index (κ2) is 15.9. The van der Waals surface area contributed by atoms with Gasteiger partial charge in [0.05, 0.1) is 35.6 Å². The van der Waals surface area contributed by atoms with Gasteiger partial charge in [0.2, 0.25) is 0 Å². The molecule has 9 nitrogen and oxygen atoms in total. The molecule has 0 fully saturated rings. The van der Waals surface area contributed by atoms with Crippen LogP contribution in [0.5, 0.6) is 0 Å². The molecule has 3 aromatic rings. The van der Waals surface area contributed by atoms with Gasteiger partial charge in [0.1, 0.15) is 11.6 Å². The molecule has 3 atom stereocenters. The zero-order chi connectivity index (χ0) is 35.0. The highest BCUT2D eigenvalue weighted by Gasteiger charge is 2.45. The number of rotatable bonds is 9. The van der Waals surface area contributed by atoms with Crippen LogP contribution < -0.4 is 10.2 Å². The van der Waals surface area contributed by atoms with Crippen molar-refractivity contribution in [3.63, 3.8) is 0 Å². The first-order chi connectivity index (χ1) is 22.8. The summed E-state index contributed by atoms with van der Waals surface area (Å²) in [5, 5.41) is 2.14. The number of alkyl carbamates (subject to hydrolysis) is 1. The summed E-state index contributed by atoms with van der Waals surface area (Å²) < 4.78 is 10.6. The Bertz CT molecular complexity index is 1680. The number of hydrogen-bond acceptors (Lipinski definition) is 7. The Hall–Kier alpha value is -4.75. The van der Waals surface area contributed by atoms with Crippen LogP contribution in [0.3, 0.4) is 0 Å². The first-order valence-corrected chi connectivity index (χ1v) is 16.5. The van der Waals surface area contributed by atoms with Crippen LogP contribution in [0.2, 0.25) is 0 Å². The number of anilines is 1. The van der Waals surface area contributed by atoms with Gasteiger partial charge in [0.25, 0.3) is 11.8 Å². The van der Waals surface area contributed by atoms with Gasteiger partial charge in [-0.2, -0.15) is 12.6 Å². The largest absolute Gasteiger partial charge is 0.466 e. The maximum atomic E-state index is 14.9. The molecule has 252 valence electrons. The highest BCUT2D eigenvalue weighted by Crippen LogP contribution is 2.42. The topological polar surface area (TPSA) is 105 Å². The maximum Gasteiger partial charge on any atom is 0.407 e. The summed E-state index contributed by atoms with van der Waals surface area (Å²) in [7, 11) is 0. The van der Waals surface area contributed by atoms with Gasteiger partial charge in [-0.3, -0.25) is 14.4 Å². The second-order valence-electron chi connectivity index (χ2n) is 12.7. The molecule has 3 amide bonds. The Labute approximate surface area is 288 Å². The number of hydrogen-bond donors (Lipinski definition) is 2. The summed E-state index contributed by atoms with van der Waals surface area (Å²) >= 11 is 4.50. The highest BCUT2D eigenvalue weighted by atomic mass is 32.1. The van der Waals surface area contributed by atoms with Crippen molar-refractivity contribution in [2.75, 3.05) is 18.1 Å². The molecule has 0 aliphatic carbocycles. The Morgan fingerprint density at radius 3 is 2.23 bits per heavy atom. The van der Waals surface area contributed by atoms with E-state index in [1.54, 1.807) is 50.8 Å². The number of carbonyl (C=O) groups excluding carboxylic acids is 4. The fourth-order valence-electron chi connectivity index (χ4n) is 5.56. The van der Waals surface area contributed by atoms with Crippen molar-refractivity contribution >= 4 is 42.2 Å². The smallest absolute Gasteiger partial charge is 0.407 e. The second-order valence-corrected chi connectivity index (χ2v) is 13.3. The van der Waals surface area contributed by atoms with E-state index in [9.17, 15) is 19.2 Å². The Morgan fingerprint density at radius 1 is 0.979 bits per heavy atom. The van der Waals surface area contributed by atoms with Crippen molar-refractivity contribution in [3.05, 3.63) is 101 Å². The third-order valence-corrected chi connectivity index (χ3v) is 7.82. The maximum absolute atomic E-state index is 14.9. The quantitative estimate of drug-likeness (QED) is 0.153. The van der Waals surface area contributed by atoms with Crippen LogP contribution in [-0.2, 0) is 19.1 Å². The first kappa shape index (κ1) is 36.1. The van der Waals surface area contributed by atoms with E-state index < -0.39 is 40.9 Å². The molecule has 0 radical (unpaired) electrons. The monoisotopic (exact) mass is 669 g/mol. The van der Waals surface area contributed by atoms with E-state index in [1.165, 1.54) is 4.90 Å². The Kier molecular flexibility index (Phi) is 12.0. The zero-order valence-electron chi connectivity index (χ0n) is 28.2. The molecule has 0 saturated heterocycles. The zero-order valence-corrected chi connectivity index (χ0v) is 29.1. The van der Waals surface area contributed by atoms with E-state index in [0.717, 1.165) is 0 Å². The fourth-order valence-corrected chi connectivity index (χ4v) is 5.71. The van der Waals surface area contributed by atoms with Gasteiger partial charge < -0.3 is 24.6 Å². The normalized spacial score (nSPS) is 15.9. The Morgan fingerprint density at radius 2 is 1.62 bits per heavy atom. The fraction of sp³-hybridized carbons (Fsp3) is 0.368. The van der Waals surface area contributed by atoms with Gasteiger partial charge in [-0.05, 0) is 70.9 Å². The summed E-state index contributed by atoms with van der Waals surface area (Å²) in [5.74, 6) is 4.87. The van der Waals surface area contributed by atoms with Gasteiger partial charge in [0, 0.05) is 18.2 Å². The first-order valence-electron chi connectivity index (χ1n) is 16.0. The van der Waals surface area contributed by atoms with E-state index >= 15 is 0 Å². The Balaban J connectivity index is 1.82. The molecule has 0 spiro atoms. The van der Waals surface area contributed by atoms with Crippen molar-refractivity contribution < 1.29 is 28.7 Å². The molecule has 0 bridgehead atoms. The lowest BCUT2D eigenvalue weighted by Gasteiger charge is -2.37. The molecule has 10 heteroatoms. The number of nitrogens with one attached hydrogen (secondary N) is 1. The van der Waals surface area contributed by atoms with Crippen molar-refractivity contribution in [2.45, 2.75) is 76.9 Å². The average molecular weight is 670 g/mol. The van der Waals surface area contributed by atoms with Crippen LogP contribution in [0.25, 0.3) is 0 Å². The molecular formula is C38H43N3O6S. The number of ether oxygens (including phenoxy) is 2. The van der Waals surface area contributed by atoms with Crippen LogP contribution in [0.4, 0.5) is 10.5 Å². The van der Waals surface area contributed by atoms with E-state index in [-0.39, 0.29) is 37.1 Å². The predicted molar refractivity (Wildman–Crippen MR) is 189 cm³/mol. The number of benzene rings is 3. The van der Waals surface area contributed by atoms with Crippen molar-refractivity contribution in [1.29, 1.82) is 0 Å². The number of fused-ring (bicyclic) bond motifs is 1. The number of carbonyl (C=O) groups is 4. The molecule has 4 rings (SSSR count). The van der Waals surface area contributed by atoms with Crippen molar-refractivity contribution in [1.82, 2.24) is 10.2 Å². The van der Waals surface area contributed by atoms with Crippen LogP contribution in [0.1, 0.15) is 87.1 Å². The van der Waals surface area contributed by atoms with E-state index in [0.29, 0.717) is 22.4 Å². The summed E-state index contributed by atoms with van der Waals surface area (Å²) in [6, 6.07) is 21.3. The number of amides is 3. The minimum Gasteiger partial charge on any atom is -0.466 e. The van der Waals surface area contributed by atoms with E-state index in [1.807, 2.05) is 74.5 Å². The third kappa shape index (κ3) is 8.98. The minimum atomic E-state index is -1.04. The van der Waals surface area contributed by atoms with E-state index in [4.69, 9.17) is 9.47 Å². The van der Waals surface area contributed by atoms with Crippen LogP contribution in [-0.4, -0.2) is 58.8 Å². The van der Waals surface area contributed by atoms with Gasteiger partial charge in [-0.1, -0.05) is 72.5 Å². The van der Waals surface area contributed by atoms with Crippen molar-refractivity contribution in [2.24, 2.45) is 0 Å². The summed E-state index contributed by atoms with van der Waals surface area (Å²) in [5.41, 5.74) is 1.92. The molecule has 0 aromatic heterocycles. The molecule has 3 aromatic carbocycles. The van der Waals surface area contributed by atoms with Gasteiger partial charge in [-0.25, -0.2) is 4.79 Å². The third-order valence-electron chi connectivity index (χ3n) is 7.51. The number of nitrogens with zero attached hydrogens (tertiary/aromatic N) is 2. The molecule has 1 aliphatic rings. The SMILES string of the molecule is CCOC(=O)CC(c1ccccc1)N1C(=O)c2cc(C#CC(S)CNC(=O)OC(C)(C)C)ccc2N(C(C)C)C(=O)C1c1ccccc1. The van der Waals surface area contributed by atoms with Crippen LogP contribution in [0.15, 0.2) is 78.9 Å². The molecule has 1 aliphatic heterocycles. The van der Waals surface area contributed by atoms with Gasteiger partial charge in [0.15, 0.2) is 0 Å². The van der Waals surface area contributed by atoms with E-state index in [2.05, 4.69) is 29.8 Å². The summed E-state index contributed by atoms with van der Waals surface area (Å²) in [4.78, 5) is 57.9. The predicted octanol–water partition coefficient (Wildman–Crippen LogP) is 6.49. The standard InChI is InChI=1S/C38H43N3O6S/c1-7-46-33(42)23-32(27-14-10-8-11-15-27)41-34(28-16-12-9-13-17-28)36(44)40(25(2)3)31-21-19-26(22-30(31)35(41)43)18-20-29(48)24-39-37(45)47-38(4,5)6/h8-17,19,21-22,25,29,32,34,48H,7,23-24H2,1-6H3,(H,39,45). The minimum absolute atomic E-state index is 0.143. The average Bonchev–Trinajstić information content (AvgIpc) is 3.13. The number of thiol groups is 1. The van der Waals surface area contributed by atoms with Crippen LogP contribution in [0, 0.1) is 11.8 Å². The summed E-state index contributed by atoms with van der Waals surface area (Å²) in [6.07, 6.45) is -0.718. The lowest BCUT2D eigenvalue weighted by atomic mass is 9.95. The molecular weight excluding hydrogens is 627 g/mol. The van der Waals surface area contributed by atoms with Gasteiger partial charge in [-0.15, -0.1) is 0 Å². The number of esters is 1. The highest BCUT2D eigenvalue weighted by molar-refractivity contribution is 7.81. The lowest BCUT2D eigenvalue weighted by molar-refractivity contribution is -0.145. The molecule has 1 N–H and O–H groups in total. The van der Waals surface area contributed by atoms with Crippen LogP contribution >= 0.6 is 12.6 Å².